The second-order valence-electron chi connectivity index (χ2n) is 12.4. The van der Waals surface area contributed by atoms with Crippen LogP contribution in [0.2, 0.25) is 0 Å². The van der Waals surface area contributed by atoms with Gasteiger partial charge >= 0.3 is 0 Å². The van der Waals surface area contributed by atoms with Crippen LogP contribution in [0.25, 0.3) is 75.1 Å². The Bertz CT molecular complexity index is 2830. The highest BCUT2D eigenvalue weighted by Crippen LogP contribution is 2.44. The van der Waals surface area contributed by atoms with Gasteiger partial charge in [-0.15, -0.1) is 11.3 Å². The molecule has 0 saturated heterocycles. The van der Waals surface area contributed by atoms with E-state index in [9.17, 15) is 0 Å². The Hall–Kier alpha value is -6.23. The Kier molecular flexibility index (Phi) is 6.36. The summed E-state index contributed by atoms with van der Waals surface area (Å²) in [4.78, 5) is 6.67. The summed E-state index contributed by atoms with van der Waals surface area (Å²) in [6, 6.07) is 56.9. The molecule has 230 valence electrons. The lowest BCUT2D eigenvalue weighted by Gasteiger charge is -2.28. The molecule has 0 radical (unpaired) electrons. The zero-order valence-corrected chi connectivity index (χ0v) is 27.2. The maximum absolute atomic E-state index is 6.15. The molecule has 0 aliphatic rings. The van der Waals surface area contributed by atoms with Crippen LogP contribution in [-0.2, 0) is 0 Å². The maximum Gasteiger partial charge on any atom is 0.153 e. The van der Waals surface area contributed by atoms with E-state index in [0.29, 0.717) is 0 Å². The highest BCUT2D eigenvalue weighted by molar-refractivity contribution is 7.25. The average molecular weight is 645 g/mol. The van der Waals surface area contributed by atoms with E-state index in [1.165, 1.54) is 42.1 Å². The average Bonchev–Trinajstić information content (AvgIpc) is 3.74. The van der Waals surface area contributed by atoms with Crippen molar-refractivity contribution in [2.45, 2.75) is 0 Å². The van der Waals surface area contributed by atoms with Gasteiger partial charge in [-0.05, 0) is 88.1 Å². The van der Waals surface area contributed by atoms with Crippen LogP contribution in [0.3, 0.4) is 0 Å². The first-order valence-electron chi connectivity index (χ1n) is 16.4. The first kappa shape index (κ1) is 27.8. The standard InChI is InChI=1S/C45H28N2OS/c1-2-8-30(9-3-1)35-10-4-6-12-40(35)47(34-21-23-44-39(27-34)36-11-5-7-13-43(36)49-44)33-19-16-29(17-20-33)32-15-14-31-18-22-41-45(38(31)26-32)37-24-25-46-28-42(37)48-41/h1-28H. The number of rotatable bonds is 5. The number of pyridine rings is 1. The Morgan fingerprint density at radius 2 is 1.24 bits per heavy atom. The molecule has 0 saturated carbocycles. The Morgan fingerprint density at radius 3 is 2.16 bits per heavy atom. The van der Waals surface area contributed by atoms with Crippen molar-refractivity contribution in [3.8, 4) is 22.3 Å². The van der Waals surface area contributed by atoms with E-state index < -0.39 is 0 Å². The van der Waals surface area contributed by atoms with Gasteiger partial charge in [0.2, 0.25) is 0 Å². The summed E-state index contributed by atoms with van der Waals surface area (Å²) in [6.45, 7) is 0. The van der Waals surface area contributed by atoms with Gasteiger partial charge in [0, 0.05) is 54.1 Å². The lowest BCUT2D eigenvalue weighted by molar-refractivity contribution is 0.667. The number of hydrogen-bond acceptors (Lipinski definition) is 4. The number of hydrogen-bond donors (Lipinski definition) is 0. The predicted octanol–water partition coefficient (Wildman–Crippen LogP) is 13.3. The molecule has 3 nitrogen and oxygen atoms in total. The van der Waals surface area contributed by atoms with Gasteiger partial charge in [0.05, 0.1) is 11.9 Å². The smallest absolute Gasteiger partial charge is 0.153 e. The molecule has 0 N–H and O–H groups in total. The van der Waals surface area contributed by atoms with Crippen LogP contribution in [0.5, 0.6) is 0 Å². The van der Waals surface area contributed by atoms with E-state index in [4.69, 9.17) is 4.42 Å². The van der Waals surface area contributed by atoms with E-state index in [0.717, 1.165) is 50.1 Å². The van der Waals surface area contributed by atoms with Crippen molar-refractivity contribution in [1.29, 1.82) is 0 Å². The van der Waals surface area contributed by atoms with E-state index >= 15 is 0 Å². The van der Waals surface area contributed by atoms with Crippen molar-refractivity contribution >= 4 is 81.3 Å². The number of para-hydroxylation sites is 1. The fourth-order valence-corrected chi connectivity index (χ4v) is 8.33. The van der Waals surface area contributed by atoms with Gasteiger partial charge in [0.25, 0.3) is 0 Å². The molecule has 7 aromatic carbocycles. The minimum Gasteiger partial charge on any atom is -0.454 e. The number of fused-ring (bicyclic) bond motifs is 8. The van der Waals surface area contributed by atoms with Crippen LogP contribution in [0.4, 0.5) is 17.1 Å². The van der Waals surface area contributed by atoms with Crippen molar-refractivity contribution in [1.82, 2.24) is 4.98 Å². The zero-order chi connectivity index (χ0) is 32.3. The minimum absolute atomic E-state index is 0.810. The summed E-state index contributed by atoms with van der Waals surface area (Å²) in [5.74, 6) is 0. The van der Waals surface area contributed by atoms with Gasteiger partial charge in [0.1, 0.15) is 5.58 Å². The van der Waals surface area contributed by atoms with Crippen molar-refractivity contribution < 1.29 is 4.42 Å². The monoisotopic (exact) mass is 644 g/mol. The molecule has 49 heavy (non-hydrogen) atoms. The lowest BCUT2D eigenvalue weighted by atomic mass is 9.97. The summed E-state index contributed by atoms with van der Waals surface area (Å²) in [5, 5.41) is 7.16. The van der Waals surface area contributed by atoms with Crippen molar-refractivity contribution in [2.75, 3.05) is 4.90 Å². The van der Waals surface area contributed by atoms with E-state index in [-0.39, 0.29) is 0 Å². The SMILES string of the molecule is c1ccc(-c2ccccc2N(c2ccc(-c3ccc4ccc5oc6cnccc6c5c4c3)cc2)c2ccc3sc4ccccc4c3c2)cc1. The molecule has 4 heteroatoms. The fourth-order valence-electron chi connectivity index (χ4n) is 7.24. The third kappa shape index (κ3) is 4.61. The van der Waals surface area contributed by atoms with Crippen LogP contribution in [0.15, 0.2) is 175 Å². The van der Waals surface area contributed by atoms with E-state index in [1.54, 1.807) is 6.20 Å². The zero-order valence-electron chi connectivity index (χ0n) is 26.4. The number of furan rings is 1. The summed E-state index contributed by atoms with van der Waals surface area (Å²) in [7, 11) is 0. The minimum atomic E-state index is 0.810. The molecule has 0 bridgehead atoms. The first-order valence-corrected chi connectivity index (χ1v) is 17.3. The molecule has 0 fully saturated rings. The Labute approximate surface area is 286 Å². The van der Waals surface area contributed by atoms with Gasteiger partial charge < -0.3 is 9.32 Å². The van der Waals surface area contributed by atoms with Gasteiger partial charge in [-0.1, -0.05) is 97.1 Å². The number of anilines is 3. The number of aromatic nitrogens is 1. The lowest BCUT2D eigenvalue weighted by Crippen LogP contribution is -2.11. The molecule has 0 spiro atoms. The fraction of sp³-hybridized carbons (Fsp3) is 0. The Balaban J connectivity index is 1.13. The number of nitrogens with zero attached hydrogens (tertiary/aromatic N) is 2. The van der Waals surface area contributed by atoms with Gasteiger partial charge in [0.15, 0.2) is 5.58 Å². The van der Waals surface area contributed by atoms with Crippen molar-refractivity contribution in [3.63, 3.8) is 0 Å². The molecule has 0 aliphatic carbocycles. The predicted molar refractivity (Wildman–Crippen MR) is 207 cm³/mol. The highest BCUT2D eigenvalue weighted by atomic mass is 32.1. The van der Waals surface area contributed by atoms with Gasteiger partial charge in [-0.25, -0.2) is 0 Å². The summed E-state index contributed by atoms with van der Waals surface area (Å²) >= 11 is 1.85. The molecule has 10 aromatic rings. The number of benzene rings is 7. The second-order valence-corrected chi connectivity index (χ2v) is 13.5. The van der Waals surface area contributed by atoms with Crippen LogP contribution in [-0.4, -0.2) is 4.98 Å². The molecule has 0 aliphatic heterocycles. The molecule has 10 rings (SSSR count). The number of thiophene rings is 1. The largest absolute Gasteiger partial charge is 0.454 e. The highest BCUT2D eigenvalue weighted by Gasteiger charge is 2.19. The van der Waals surface area contributed by atoms with E-state index in [1.807, 2.05) is 23.6 Å². The van der Waals surface area contributed by atoms with Gasteiger partial charge in [-0.2, -0.15) is 0 Å². The van der Waals surface area contributed by atoms with Crippen LogP contribution >= 0.6 is 11.3 Å². The molecule has 3 heterocycles. The summed E-state index contributed by atoms with van der Waals surface area (Å²) in [5.41, 5.74) is 9.75. The van der Waals surface area contributed by atoms with Gasteiger partial charge in [-0.3, -0.25) is 4.98 Å². The van der Waals surface area contributed by atoms with Crippen LogP contribution < -0.4 is 4.90 Å². The third-order valence-electron chi connectivity index (χ3n) is 9.56. The third-order valence-corrected chi connectivity index (χ3v) is 10.7. The molecule has 0 amide bonds. The molecular formula is C45H28N2OS. The van der Waals surface area contributed by atoms with E-state index in [2.05, 4.69) is 162 Å². The van der Waals surface area contributed by atoms with Crippen LogP contribution in [0.1, 0.15) is 0 Å². The topological polar surface area (TPSA) is 29.3 Å². The van der Waals surface area contributed by atoms with Crippen LogP contribution in [0, 0.1) is 0 Å². The van der Waals surface area contributed by atoms with Crippen molar-refractivity contribution in [2.24, 2.45) is 0 Å². The molecule has 0 atom stereocenters. The quantitative estimate of drug-likeness (QED) is 0.187. The Morgan fingerprint density at radius 1 is 0.490 bits per heavy atom. The first-order chi connectivity index (χ1) is 24.3. The molecule has 0 unspecified atom stereocenters. The normalized spacial score (nSPS) is 11.7. The maximum atomic E-state index is 6.15. The molecular weight excluding hydrogens is 617 g/mol. The summed E-state index contributed by atoms with van der Waals surface area (Å²) in [6.07, 6.45) is 3.63. The second kappa shape index (κ2) is 11.2. The summed E-state index contributed by atoms with van der Waals surface area (Å²) < 4.78 is 8.76. The van der Waals surface area contributed by atoms with Crippen molar-refractivity contribution in [3.05, 3.63) is 170 Å². The molecule has 3 aromatic heterocycles.